The summed E-state index contributed by atoms with van der Waals surface area (Å²) in [4.78, 5) is 5.32. The first-order chi connectivity index (χ1) is 9.28. The Morgan fingerprint density at radius 3 is 2.84 bits per heavy atom. The van der Waals surface area contributed by atoms with Crippen LogP contribution in [0.25, 0.3) is 0 Å². The number of thiazole rings is 1. The first-order valence-corrected chi connectivity index (χ1v) is 7.12. The van der Waals surface area contributed by atoms with Gasteiger partial charge in [-0.2, -0.15) is 0 Å². The predicted octanol–water partition coefficient (Wildman–Crippen LogP) is 3.01. The van der Waals surface area contributed by atoms with Crippen LogP contribution in [-0.2, 0) is 13.0 Å². The number of nitrogens with one attached hydrogen (secondary N) is 1. The van der Waals surface area contributed by atoms with Crippen LogP contribution in [0.4, 0.5) is 4.39 Å². The second-order valence-corrected chi connectivity index (χ2v) is 5.16. The molecule has 0 atom stereocenters. The summed E-state index contributed by atoms with van der Waals surface area (Å²) in [6, 6.07) is 6.62. The molecule has 0 saturated carbocycles. The monoisotopic (exact) mass is 280 g/mol. The molecule has 0 aliphatic heterocycles. The molecule has 19 heavy (non-hydrogen) atoms. The lowest BCUT2D eigenvalue weighted by Gasteiger charge is -2.03. The molecular weight excluding hydrogens is 263 g/mol. The average molecular weight is 280 g/mol. The van der Waals surface area contributed by atoms with Gasteiger partial charge in [0.15, 0.2) is 0 Å². The van der Waals surface area contributed by atoms with E-state index in [1.807, 2.05) is 25.3 Å². The van der Waals surface area contributed by atoms with Gasteiger partial charge < -0.3 is 10.1 Å². The molecule has 1 N–H and O–H groups in total. The fourth-order valence-electron chi connectivity index (χ4n) is 1.66. The molecule has 1 aromatic carbocycles. The molecule has 1 aromatic heterocycles. The molecule has 0 radical (unpaired) electrons. The average Bonchev–Trinajstić information content (AvgIpc) is 2.85. The molecule has 2 aromatic rings. The van der Waals surface area contributed by atoms with Crippen LogP contribution in [0.1, 0.15) is 17.4 Å². The van der Waals surface area contributed by atoms with E-state index in [1.165, 1.54) is 12.1 Å². The maximum Gasteiger partial charge on any atom is 0.273 e. The number of hydrogen-bond acceptors (Lipinski definition) is 4. The number of aromatic nitrogens is 1. The molecule has 0 spiro atoms. The highest BCUT2D eigenvalue weighted by molar-refractivity contribution is 7.13. The summed E-state index contributed by atoms with van der Waals surface area (Å²) in [5, 5.41) is 4.06. The quantitative estimate of drug-likeness (QED) is 0.792. The Kier molecular flexibility index (Phi) is 5.30. The standard InChI is InChI=1S/C14H17FN2OS/c1-2-18-14-17-10-13(19-14)9-16-8-7-11-3-5-12(15)6-4-11/h3-6,10,16H,2,7-9H2,1H3. The van der Waals surface area contributed by atoms with Crippen molar-refractivity contribution in [3.05, 3.63) is 46.7 Å². The zero-order valence-corrected chi connectivity index (χ0v) is 11.7. The maximum atomic E-state index is 12.7. The van der Waals surface area contributed by atoms with E-state index in [4.69, 9.17) is 4.74 Å². The number of halogens is 1. The highest BCUT2D eigenvalue weighted by Gasteiger charge is 2.01. The topological polar surface area (TPSA) is 34.1 Å². The van der Waals surface area contributed by atoms with E-state index in [9.17, 15) is 4.39 Å². The van der Waals surface area contributed by atoms with Gasteiger partial charge in [0.05, 0.1) is 6.61 Å². The first kappa shape index (κ1) is 14.0. The molecule has 0 aliphatic carbocycles. The molecule has 0 aliphatic rings. The van der Waals surface area contributed by atoms with Crippen LogP contribution >= 0.6 is 11.3 Å². The molecule has 102 valence electrons. The van der Waals surface area contributed by atoms with Crippen molar-refractivity contribution in [1.29, 1.82) is 0 Å². The summed E-state index contributed by atoms with van der Waals surface area (Å²) in [7, 11) is 0. The van der Waals surface area contributed by atoms with Crippen LogP contribution < -0.4 is 10.1 Å². The molecule has 0 bridgehead atoms. The van der Waals surface area contributed by atoms with Gasteiger partial charge in [0.25, 0.3) is 5.19 Å². The van der Waals surface area contributed by atoms with Gasteiger partial charge in [-0.15, -0.1) is 0 Å². The van der Waals surface area contributed by atoms with E-state index < -0.39 is 0 Å². The number of rotatable bonds is 7. The fourth-order valence-corrected chi connectivity index (χ4v) is 2.44. The highest BCUT2D eigenvalue weighted by atomic mass is 32.1. The molecule has 1 heterocycles. The van der Waals surface area contributed by atoms with Gasteiger partial charge in [-0.25, -0.2) is 9.37 Å². The largest absolute Gasteiger partial charge is 0.470 e. The summed E-state index contributed by atoms with van der Waals surface area (Å²) in [6.45, 7) is 4.23. The molecule has 0 unspecified atom stereocenters. The lowest BCUT2D eigenvalue weighted by Crippen LogP contribution is -2.15. The first-order valence-electron chi connectivity index (χ1n) is 6.30. The molecule has 5 heteroatoms. The number of nitrogens with zero attached hydrogens (tertiary/aromatic N) is 1. The zero-order chi connectivity index (χ0) is 13.5. The van der Waals surface area contributed by atoms with Crippen LogP contribution in [0.2, 0.25) is 0 Å². The Morgan fingerprint density at radius 1 is 1.32 bits per heavy atom. The number of benzene rings is 1. The van der Waals surface area contributed by atoms with Crippen molar-refractivity contribution in [2.75, 3.05) is 13.2 Å². The Labute approximate surface area is 116 Å². The lowest BCUT2D eigenvalue weighted by atomic mass is 10.1. The Hall–Kier alpha value is -1.46. The van der Waals surface area contributed by atoms with Crippen molar-refractivity contribution in [2.45, 2.75) is 19.9 Å². The van der Waals surface area contributed by atoms with Crippen molar-refractivity contribution in [1.82, 2.24) is 10.3 Å². The smallest absolute Gasteiger partial charge is 0.273 e. The van der Waals surface area contributed by atoms with E-state index in [1.54, 1.807) is 11.3 Å². The van der Waals surface area contributed by atoms with E-state index in [2.05, 4.69) is 10.3 Å². The van der Waals surface area contributed by atoms with Crippen molar-refractivity contribution in [3.63, 3.8) is 0 Å². The van der Waals surface area contributed by atoms with Crippen LogP contribution in [0, 0.1) is 5.82 Å². The van der Waals surface area contributed by atoms with Gasteiger partial charge in [0.1, 0.15) is 5.82 Å². The van der Waals surface area contributed by atoms with E-state index >= 15 is 0 Å². The van der Waals surface area contributed by atoms with Crippen molar-refractivity contribution < 1.29 is 9.13 Å². The summed E-state index contributed by atoms with van der Waals surface area (Å²) in [5.74, 6) is -0.190. The molecular formula is C14H17FN2OS. The lowest BCUT2D eigenvalue weighted by molar-refractivity contribution is 0.338. The highest BCUT2D eigenvalue weighted by Crippen LogP contribution is 2.19. The SMILES string of the molecule is CCOc1ncc(CNCCc2ccc(F)cc2)s1. The minimum atomic E-state index is -0.190. The molecule has 0 fully saturated rings. The number of ether oxygens (including phenoxy) is 1. The Bertz CT molecular complexity index is 498. The van der Waals surface area contributed by atoms with Crippen LogP contribution in [-0.4, -0.2) is 18.1 Å². The van der Waals surface area contributed by atoms with Gasteiger partial charge in [0, 0.05) is 17.6 Å². The third-order valence-corrected chi connectivity index (χ3v) is 3.51. The Morgan fingerprint density at radius 2 is 2.11 bits per heavy atom. The van der Waals surface area contributed by atoms with Gasteiger partial charge in [0.2, 0.25) is 0 Å². The van der Waals surface area contributed by atoms with Gasteiger partial charge in [-0.05, 0) is 37.6 Å². The maximum absolute atomic E-state index is 12.7. The van der Waals surface area contributed by atoms with Gasteiger partial charge >= 0.3 is 0 Å². The van der Waals surface area contributed by atoms with E-state index in [0.717, 1.165) is 35.1 Å². The Balaban J connectivity index is 1.69. The fraction of sp³-hybridized carbons (Fsp3) is 0.357. The minimum Gasteiger partial charge on any atom is -0.470 e. The van der Waals surface area contributed by atoms with Crippen LogP contribution in [0.3, 0.4) is 0 Å². The number of hydrogen-bond donors (Lipinski definition) is 1. The summed E-state index contributed by atoms with van der Waals surface area (Å²) in [6.07, 6.45) is 2.72. The minimum absolute atomic E-state index is 0.190. The second kappa shape index (κ2) is 7.21. The normalized spacial score (nSPS) is 10.6. The summed E-state index contributed by atoms with van der Waals surface area (Å²) < 4.78 is 18.0. The van der Waals surface area contributed by atoms with Crippen LogP contribution in [0.15, 0.2) is 30.5 Å². The summed E-state index contributed by atoms with van der Waals surface area (Å²) >= 11 is 1.56. The summed E-state index contributed by atoms with van der Waals surface area (Å²) in [5.41, 5.74) is 1.13. The van der Waals surface area contributed by atoms with E-state index in [0.29, 0.717) is 6.61 Å². The van der Waals surface area contributed by atoms with Crippen molar-refractivity contribution in [3.8, 4) is 5.19 Å². The molecule has 2 rings (SSSR count). The molecule has 3 nitrogen and oxygen atoms in total. The zero-order valence-electron chi connectivity index (χ0n) is 10.9. The third-order valence-electron chi connectivity index (χ3n) is 2.60. The second-order valence-electron chi connectivity index (χ2n) is 4.08. The van der Waals surface area contributed by atoms with Crippen molar-refractivity contribution >= 4 is 11.3 Å². The van der Waals surface area contributed by atoms with E-state index in [-0.39, 0.29) is 5.82 Å². The van der Waals surface area contributed by atoms with Gasteiger partial charge in [-0.1, -0.05) is 23.5 Å². The molecule has 0 amide bonds. The third kappa shape index (κ3) is 4.61. The molecule has 0 saturated heterocycles. The van der Waals surface area contributed by atoms with Crippen LogP contribution in [0.5, 0.6) is 5.19 Å². The van der Waals surface area contributed by atoms with Gasteiger partial charge in [-0.3, -0.25) is 0 Å². The van der Waals surface area contributed by atoms with Crippen molar-refractivity contribution in [2.24, 2.45) is 0 Å². The predicted molar refractivity (Wildman–Crippen MR) is 75.1 cm³/mol.